The van der Waals surface area contributed by atoms with Gasteiger partial charge in [-0.25, -0.2) is 9.59 Å². The number of amides is 2. The van der Waals surface area contributed by atoms with E-state index in [1.807, 2.05) is 48.5 Å². The SMILES string of the molecule is CC(C)(C)OC(=O)C[C@H](NC(=O)Cc1c2ccccc2c(CC(=O)N[C@@H](CC(=O)OC(C)(C)C)C(=O)OC(C)(C)C)c2ccccc12)C(=O)OC(C)(C)C. The van der Waals surface area contributed by atoms with Gasteiger partial charge in [-0.3, -0.25) is 19.2 Å². The first kappa shape index (κ1) is 43.4. The van der Waals surface area contributed by atoms with E-state index in [2.05, 4.69) is 10.6 Å². The molecule has 3 aromatic carbocycles. The van der Waals surface area contributed by atoms with Crippen LogP contribution in [0.2, 0.25) is 0 Å². The molecule has 0 aliphatic carbocycles. The summed E-state index contributed by atoms with van der Waals surface area (Å²) in [6, 6.07) is 12.0. The predicted octanol–water partition coefficient (Wildman–Crippen LogP) is 6.19. The molecule has 0 bridgehead atoms. The molecule has 0 aromatic heterocycles. The molecule has 0 aliphatic heterocycles. The Bertz CT molecular complexity index is 1690. The third kappa shape index (κ3) is 13.8. The number of nitrogens with one attached hydrogen (secondary N) is 2. The van der Waals surface area contributed by atoms with Crippen LogP contribution in [0, 0.1) is 0 Å². The molecule has 0 aliphatic rings. The van der Waals surface area contributed by atoms with E-state index in [0.29, 0.717) is 32.7 Å². The van der Waals surface area contributed by atoms with Crippen molar-refractivity contribution in [2.24, 2.45) is 0 Å². The Hall–Kier alpha value is -5.00. The molecule has 3 rings (SSSR count). The highest BCUT2D eigenvalue weighted by atomic mass is 16.6. The summed E-state index contributed by atoms with van der Waals surface area (Å²) in [4.78, 5) is 79.4. The molecule has 12 heteroatoms. The number of hydrogen-bond acceptors (Lipinski definition) is 10. The summed E-state index contributed by atoms with van der Waals surface area (Å²) in [5.74, 6) is -3.94. The minimum atomic E-state index is -1.30. The van der Waals surface area contributed by atoms with E-state index in [1.165, 1.54) is 0 Å². The van der Waals surface area contributed by atoms with Crippen molar-refractivity contribution < 1.29 is 47.7 Å². The van der Waals surface area contributed by atoms with Crippen molar-refractivity contribution in [2.75, 3.05) is 0 Å². The summed E-state index contributed by atoms with van der Waals surface area (Å²) >= 11 is 0. The van der Waals surface area contributed by atoms with Gasteiger partial charge in [-0.15, -0.1) is 0 Å². The van der Waals surface area contributed by atoms with Crippen LogP contribution in [0.5, 0.6) is 0 Å². The Labute approximate surface area is 318 Å². The molecule has 0 saturated heterocycles. The molecule has 2 amide bonds. The molecule has 12 nitrogen and oxygen atoms in total. The van der Waals surface area contributed by atoms with Gasteiger partial charge in [0.1, 0.15) is 34.5 Å². The summed E-state index contributed by atoms with van der Waals surface area (Å²) in [6.45, 7) is 20.4. The molecule has 0 radical (unpaired) electrons. The van der Waals surface area contributed by atoms with Gasteiger partial charge in [0.25, 0.3) is 0 Å². The maximum atomic E-state index is 13.8. The van der Waals surface area contributed by atoms with Crippen LogP contribution in [0.25, 0.3) is 21.5 Å². The topological polar surface area (TPSA) is 163 Å². The third-order valence-corrected chi connectivity index (χ3v) is 7.46. The van der Waals surface area contributed by atoms with Crippen LogP contribution in [-0.4, -0.2) is 70.2 Å². The van der Waals surface area contributed by atoms with E-state index in [9.17, 15) is 28.8 Å². The standard InChI is InChI=1S/C42H56N2O10/c1-39(2,3)51-35(47)23-31(37(49)53-41(7,8)9)43-33(45)21-29-25-17-13-15-19-27(25)30(28-20-16-14-18-26(28)29)22-34(46)44-32(38(50)54-42(10,11)12)24-36(48)52-40(4,5)6/h13-20,31-32H,21-24H2,1-12H3,(H,43,45)(H,44,46)/t31-,32-/m0/s1. The molecule has 2 N–H and O–H groups in total. The van der Waals surface area contributed by atoms with Gasteiger partial charge in [0.05, 0.1) is 25.7 Å². The average Bonchev–Trinajstić information content (AvgIpc) is 2.98. The fourth-order valence-corrected chi connectivity index (χ4v) is 5.73. The van der Waals surface area contributed by atoms with Crippen LogP contribution in [-0.2, 0) is 60.6 Å². The first-order chi connectivity index (χ1) is 24.7. The zero-order valence-electron chi connectivity index (χ0n) is 33.7. The molecular weight excluding hydrogens is 692 g/mol. The average molecular weight is 749 g/mol. The lowest BCUT2D eigenvalue weighted by molar-refractivity contribution is -0.165. The van der Waals surface area contributed by atoms with Gasteiger partial charge in [0.2, 0.25) is 11.8 Å². The Kier molecular flexibility index (Phi) is 13.7. The van der Waals surface area contributed by atoms with Crippen LogP contribution in [0.15, 0.2) is 48.5 Å². The lowest BCUT2D eigenvalue weighted by atomic mass is 9.88. The molecule has 0 unspecified atom stereocenters. The van der Waals surface area contributed by atoms with E-state index in [-0.39, 0.29) is 12.8 Å². The normalized spacial score (nSPS) is 13.4. The van der Waals surface area contributed by atoms with Gasteiger partial charge in [-0.1, -0.05) is 48.5 Å². The van der Waals surface area contributed by atoms with E-state index in [4.69, 9.17) is 18.9 Å². The number of hydrogen-bond donors (Lipinski definition) is 2. The summed E-state index contributed by atoms with van der Waals surface area (Å²) in [5.41, 5.74) is -2.06. The lowest BCUT2D eigenvalue weighted by Gasteiger charge is -2.26. The maximum absolute atomic E-state index is 13.8. The van der Waals surface area contributed by atoms with Crippen LogP contribution >= 0.6 is 0 Å². The molecular formula is C42H56N2O10. The van der Waals surface area contributed by atoms with E-state index < -0.39 is 83.0 Å². The second-order valence-electron chi connectivity index (χ2n) is 17.3. The highest BCUT2D eigenvalue weighted by Gasteiger charge is 2.33. The van der Waals surface area contributed by atoms with Crippen LogP contribution in [0.4, 0.5) is 0 Å². The van der Waals surface area contributed by atoms with Gasteiger partial charge < -0.3 is 29.6 Å². The minimum Gasteiger partial charge on any atom is -0.460 e. The molecule has 3 aromatic rings. The summed E-state index contributed by atoms with van der Waals surface area (Å²) in [6.07, 6.45) is -1.19. The molecule has 0 fully saturated rings. The highest BCUT2D eigenvalue weighted by molar-refractivity contribution is 6.09. The summed E-state index contributed by atoms with van der Waals surface area (Å²) in [7, 11) is 0. The number of ether oxygens (including phenoxy) is 4. The summed E-state index contributed by atoms with van der Waals surface area (Å²) < 4.78 is 21.9. The Morgan fingerprint density at radius 2 is 0.722 bits per heavy atom. The number of fused-ring (bicyclic) bond motifs is 2. The Balaban J connectivity index is 1.99. The van der Waals surface area contributed by atoms with E-state index in [1.54, 1.807) is 83.1 Å². The van der Waals surface area contributed by atoms with E-state index in [0.717, 1.165) is 0 Å². The first-order valence-electron chi connectivity index (χ1n) is 18.1. The minimum absolute atomic E-state index is 0.169. The zero-order valence-corrected chi connectivity index (χ0v) is 33.7. The second-order valence-corrected chi connectivity index (χ2v) is 17.3. The number of benzene rings is 3. The predicted molar refractivity (Wildman–Crippen MR) is 205 cm³/mol. The Morgan fingerprint density at radius 3 is 0.963 bits per heavy atom. The van der Waals surface area contributed by atoms with Gasteiger partial charge in [0, 0.05) is 0 Å². The first-order valence-corrected chi connectivity index (χ1v) is 18.1. The van der Waals surface area contributed by atoms with Crippen molar-refractivity contribution in [3.05, 3.63) is 59.7 Å². The highest BCUT2D eigenvalue weighted by Crippen LogP contribution is 2.34. The monoisotopic (exact) mass is 748 g/mol. The Morgan fingerprint density at radius 1 is 0.463 bits per heavy atom. The van der Waals surface area contributed by atoms with E-state index >= 15 is 0 Å². The number of esters is 4. The van der Waals surface area contributed by atoms with Gasteiger partial charge in [-0.05, 0) is 116 Å². The quantitative estimate of drug-likeness (QED) is 0.124. The molecule has 0 spiro atoms. The molecule has 0 heterocycles. The van der Waals surface area contributed by atoms with Crippen LogP contribution < -0.4 is 10.6 Å². The summed E-state index contributed by atoms with van der Waals surface area (Å²) in [5, 5.41) is 8.15. The molecule has 294 valence electrons. The fraction of sp³-hybridized carbons (Fsp3) is 0.524. The van der Waals surface area contributed by atoms with Crippen molar-refractivity contribution in [1.29, 1.82) is 0 Å². The van der Waals surface area contributed by atoms with Gasteiger partial charge in [-0.2, -0.15) is 0 Å². The lowest BCUT2D eigenvalue weighted by Crippen LogP contribution is -2.46. The number of carbonyl (C=O) groups is 6. The van der Waals surface area contributed by atoms with Crippen molar-refractivity contribution in [3.63, 3.8) is 0 Å². The largest absolute Gasteiger partial charge is 0.460 e. The number of carbonyl (C=O) groups excluding carboxylic acids is 6. The van der Waals surface area contributed by atoms with Crippen molar-refractivity contribution in [3.8, 4) is 0 Å². The van der Waals surface area contributed by atoms with Crippen molar-refractivity contribution in [2.45, 2.75) is 143 Å². The molecule has 54 heavy (non-hydrogen) atoms. The fourth-order valence-electron chi connectivity index (χ4n) is 5.73. The second kappa shape index (κ2) is 17.0. The van der Waals surface area contributed by atoms with Gasteiger partial charge >= 0.3 is 23.9 Å². The van der Waals surface area contributed by atoms with Crippen molar-refractivity contribution >= 4 is 57.2 Å². The molecule has 0 saturated carbocycles. The third-order valence-electron chi connectivity index (χ3n) is 7.46. The smallest absolute Gasteiger partial charge is 0.329 e. The zero-order chi connectivity index (χ0) is 40.8. The van der Waals surface area contributed by atoms with Crippen LogP contribution in [0.3, 0.4) is 0 Å². The molecule has 2 atom stereocenters. The number of rotatable bonds is 12. The maximum Gasteiger partial charge on any atom is 0.329 e. The van der Waals surface area contributed by atoms with Crippen LogP contribution in [0.1, 0.15) is 107 Å². The van der Waals surface area contributed by atoms with Gasteiger partial charge in [0.15, 0.2) is 0 Å². The van der Waals surface area contributed by atoms with Crippen molar-refractivity contribution in [1.82, 2.24) is 10.6 Å².